The molecule has 1 atom stereocenters. The molecular formula is C22H19N3O4S. The Kier molecular flexibility index (Phi) is 4.92. The number of para-hydroxylation sites is 1. The summed E-state index contributed by atoms with van der Waals surface area (Å²) in [7, 11) is 0. The van der Waals surface area contributed by atoms with Gasteiger partial charge in [-0.1, -0.05) is 17.3 Å². The lowest BCUT2D eigenvalue weighted by Crippen LogP contribution is -2.40. The molecule has 4 aromatic rings. The molecule has 30 heavy (non-hydrogen) atoms. The zero-order chi connectivity index (χ0) is 20.5. The number of piperidine rings is 1. The molecule has 3 aromatic heterocycles. The van der Waals surface area contributed by atoms with Crippen molar-refractivity contribution < 1.29 is 13.7 Å². The molecule has 5 rings (SSSR count). The van der Waals surface area contributed by atoms with Crippen LogP contribution in [0.25, 0.3) is 22.4 Å². The van der Waals surface area contributed by atoms with E-state index in [9.17, 15) is 9.59 Å². The number of thiophene rings is 1. The Labute approximate surface area is 175 Å². The van der Waals surface area contributed by atoms with E-state index >= 15 is 0 Å². The summed E-state index contributed by atoms with van der Waals surface area (Å²) in [5, 5.41) is 8.48. The highest BCUT2D eigenvalue weighted by molar-refractivity contribution is 7.08. The third-order valence-electron chi connectivity index (χ3n) is 5.36. The van der Waals surface area contributed by atoms with Crippen LogP contribution >= 0.6 is 11.3 Å². The minimum absolute atomic E-state index is 0.0804. The molecule has 152 valence electrons. The zero-order valence-corrected chi connectivity index (χ0v) is 16.9. The Balaban J connectivity index is 1.31. The molecule has 7 nitrogen and oxygen atoms in total. The quantitative estimate of drug-likeness (QED) is 0.495. The van der Waals surface area contributed by atoms with Crippen LogP contribution in [0.4, 0.5) is 0 Å². The van der Waals surface area contributed by atoms with Crippen LogP contribution in [0.15, 0.2) is 60.9 Å². The standard InChI is InChI=1S/C22H19N3O4S/c26-17-11-19(28-18-6-2-1-5-16(17)18)22(27)25-8-3-4-14(12-25)10-20-23-21(24-29-20)15-7-9-30-13-15/h1-2,5-7,9,11,13-14H,3-4,8,10,12H2/t14-/m1/s1. The van der Waals surface area contributed by atoms with E-state index in [4.69, 9.17) is 8.94 Å². The van der Waals surface area contributed by atoms with Gasteiger partial charge in [-0.05, 0) is 42.3 Å². The minimum Gasteiger partial charge on any atom is -0.451 e. The van der Waals surface area contributed by atoms with Crippen LogP contribution in [-0.2, 0) is 6.42 Å². The highest BCUT2D eigenvalue weighted by Crippen LogP contribution is 2.24. The fourth-order valence-electron chi connectivity index (χ4n) is 3.87. The van der Waals surface area contributed by atoms with Gasteiger partial charge < -0.3 is 13.8 Å². The summed E-state index contributed by atoms with van der Waals surface area (Å²) in [5.41, 5.74) is 1.16. The number of carbonyl (C=O) groups excluding carboxylic acids is 1. The van der Waals surface area contributed by atoms with Crippen LogP contribution in [0.5, 0.6) is 0 Å². The van der Waals surface area contributed by atoms with Gasteiger partial charge in [0, 0.05) is 36.5 Å². The lowest BCUT2D eigenvalue weighted by atomic mass is 9.94. The van der Waals surface area contributed by atoms with Gasteiger partial charge in [0.25, 0.3) is 5.91 Å². The van der Waals surface area contributed by atoms with Crippen molar-refractivity contribution in [2.45, 2.75) is 19.3 Å². The number of hydrogen-bond acceptors (Lipinski definition) is 7. The van der Waals surface area contributed by atoms with Crippen molar-refractivity contribution in [3.63, 3.8) is 0 Å². The predicted octanol–water partition coefficient (Wildman–Crippen LogP) is 4.00. The van der Waals surface area contributed by atoms with Crippen molar-refractivity contribution in [3.05, 3.63) is 69.0 Å². The highest BCUT2D eigenvalue weighted by atomic mass is 32.1. The maximum atomic E-state index is 13.0. The first kappa shape index (κ1) is 18.7. The van der Waals surface area contributed by atoms with E-state index in [0.717, 1.165) is 18.4 Å². The number of benzene rings is 1. The molecule has 8 heteroatoms. The topological polar surface area (TPSA) is 89.4 Å². The SMILES string of the molecule is O=C(c1cc(=O)c2ccccc2o1)N1CCC[C@H](Cc2nc(-c3ccsc3)no2)C1. The highest BCUT2D eigenvalue weighted by Gasteiger charge is 2.28. The molecule has 4 heterocycles. The van der Waals surface area contributed by atoms with Crippen molar-refractivity contribution in [2.75, 3.05) is 13.1 Å². The van der Waals surface area contributed by atoms with E-state index < -0.39 is 0 Å². The minimum atomic E-state index is -0.257. The van der Waals surface area contributed by atoms with Crippen molar-refractivity contribution in [2.24, 2.45) is 5.92 Å². The van der Waals surface area contributed by atoms with Crippen LogP contribution in [0.2, 0.25) is 0 Å². The molecule has 0 spiro atoms. The summed E-state index contributed by atoms with van der Waals surface area (Å²) in [6, 6.07) is 10.2. The van der Waals surface area contributed by atoms with Gasteiger partial charge in [0.15, 0.2) is 11.2 Å². The summed E-state index contributed by atoms with van der Waals surface area (Å²) in [6.45, 7) is 1.20. The molecule has 0 aliphatic carbocycles. The van der Waals surface area contributed by atoms with E-state index in [1.807, 2.05) is 16.8 Å². The Hall–Kier alpha value is -3.26. The molecule has 0 unspecified atom stereocenters. The summed E-state index contributed by atoms with van der Waals surface area (Å²) >= 11 is 1.59. The molecule has 0 N–H and O–H groups in total. The Morgan fingerprint density at radius 3 is 3.03 bits per heavy atom. The van der Waals surface area contributed by atoms with E-state index in [0.29, 0.717) is 42.2 Å². The summed E-state index contributed by atoms with van der Waals surface area (Å²) in [4.78, 5) is 31.6. The van der Waals surface area contributed by atoms with Gasteiger partial charge >= 0.3 is 0 Å². The monoisotopic (exact) mass is 421 g/mol. The lowest BCUT2D eigenvalue weighted by Gasteiger charge is -2.31. The molecule has 1 fully saturated rings. The Bertz CT molecular complexity index is 1240. The van der Waals surface area contributed by atoms with Crippen LogP contribution in [-0.4, -0.2) is 34.0 Å². The van der Waals surface area contributed by atoms with Gasteiger partial charge in [-0.25, -0.2) is 0 Å². The summed E-state index contributed by atoms with van der Waals surface area (Å²) in [6.07, 6.45) is 2.46. The van der Waals surface area contributed by atoms with Crippen LogP contribution in [0.1, 0.15) is 29.3 Å². The van der Waals surface area contributed by atoms with Gasteiger partial charge in [-0.15, -0.1) is 0 Å². The molecule has 1 aliphatic rings. The Morgan fingerprint density at radius 2 is 2.17 bits per heavy atom. The normalized spacial score (nSPS) is 16.8. The van der Waals surface area contributed by atoms with Gasteiger partial charge in [0.2, 0.25) is 11.7 Å². The summed E-state index contributed by atoms with van der Waals surface area (Å²) in [5.74, 6) is 1.20. The van der Waals surface area contributed by atoms with E-state index in [2.05, 4.69) is 10.1 Å². The summed E-state index contributed by atoms with van der Waals surface area (Å²) < 4.78 is 11.1. The molecule has 0 bridgehead atoms. The number of hydrogen-bond donors (Lipinski definition) is 0. The van der Waals surface area contributed by atoms with E-state index in [-0.39, 0.29) is 23.0 Å². The molecule has 1 aliphatic heterocycles. The van der Waals surface area contributed by atoms with E-state index in [1.54, 1.807) is 40.5 Å². The van der Waals surface area contributed by atoms with E-state index in [1.165, 1.54) is 6.07 Å². The fourth-order valence-corrected chi connectivity index (χ4v) is 4.51. The predicted molar refractivity (Wildman–Crippen MR) is 112 cm³/mol. The number of fused-ring (bicyclic) bond motifs is 1. The maximum Gasteiger partial charge on any atom is 0.289 e. The van der Waals surface area contributed by atoms with Crippen molar-refractivity contribution in [3.8, 4) is 11.4 Å². The van der Waals surface area contributed by atoms with Gasteiger partial charge in [-0.3, -0.25) is 9.59 Å². The molecule has 0 saturated carbocycles. The second kappa shape index (κ2) is 7.87. The van der Waals surface area contributed by atoms with Crippen molar-refractivity contribution >= 4 is 28.2 Å². The smallest absolute Gasteiger partial charge is 0.289 e. The molecule has 1 amide bonds. The molecule has 1 saturated heterocycles. The third-order valence-corrected chi connectivity index (χ3v) is 6.05. The average Bonchev–Trinajstić information content (AvgIpc) is 3.45. The number of amides is 1. The van der Waals surface area contributed by atoms with Crippen LogP contribution in [0.3, 0.4) is 0 Å². The first-order chi connectivity index (χ1) is 14.7. The van der Waals surface area contributed by atoms with Gasteiger partial charge in [0.1, 0.15) is 5.58 Å². The average molecular weight is 421 g/mol. The van der Waals surface area contributed by atoms with Crippen molar-refractivity contribution in [1.29, 1.82) is 0 Å². The van der Waals surface area contributed by atoms with Gasteiger partial charge in [0.05, 0.1) is 5.39 Å². The van der Waals surface area contributed by atoms with Crippen LogP contribution < -0.4 is 5.43 Å². The molecule has 1 aromatic carbocycles. The molecule has 0 radical (unpaired) electrons. The molecular weight excluding hydrogens is 402 g/mol. The number of likely N-dealkylation sites (tertiary alicyclic amines) is 1. The maximum absolute atomic E-state index is 13.0. The third kappa shape index (κ3) is 3.66. The number of carbonyl (C=O) groups is 1. The second-order valence-corrected chi connectivity index (χ2v) is 8.24. The van der Waals surface area contributed by atoms with Gasteiger partial charge in [-0.2, -0.15) is 16.3 Å². The zero-order valence-electron chi connectivity index (χ0n) is 16.1. The first-order valence-corrected chi connectivity index (χ1v) is 10.8. The number of aromatic nitrogens is 2. The number of nitrogens with zero attached hydrogens (tertiary/aromatic N) is 3. The first-order valence-electron chi connectivity index (χ1n) is 9.85. The largest absolute Gasteiger partial charge is 0.451 e. The Morgan fingerprint density at radius 1 is 1.27 bits per heavy atom. The van der Waals surface area contributed by atoms with Crippen molar-refractivity contribution in [1.82, 2.24) is 15.0 Å². The van der Waals surface area contributed by atoms with Crippen LogP contribution in [0, 0.1) is 5.92 Å². The fraction of sp³-hybridized carbons (Fsp3) is 0.273. The number of rotatable bonds is 4. The lowest BCUT2D eigenvalue weighted by molar-refractivity contribution is 0.0636. The second-order valence-electron chi connectivity index (χ2n) is 7.46.